The van der Waals surface area contributed by atoms with Crippen molar-refractivity contribution < 1.29 is 9.59 Å². The number of carbonyl (C=O) groups excluding carboxylic acids is 2. The highest BCUT2D eigenvalue weighted by atomic mass is 35.5. The molecular formula is C22H29ClN2O2. The lowest BCUT2D eigenvalue weighted by atomic mass is 9.85. The van der Waals surface area contributed by atoms with E-state index in [0.29, 0.717) is 36.7 Å². The standard InChI is InChI=1S/C22H29ClN2O2/c23-19-9-3-6-17(16-19)13-14-24-21(26)11-4-12-22(27)25-15-5-8-18-7-1-2-10-20(18)25/h3,6,9-10,16,18H,1-2,4-5,7-8,11-15H2,(H,24,26). The molecule has 5 heteroatoms. The fraction of sp³-hybridized carbons (Fsp3) is 0.545. The van der Waals surface area contributed by atoms with Gasteiger partial charge in [-0.3, -0.25) is 9.59 Å². The second-order valence-corrected chi connectivity index (χ2v) is 7.96. The molecule has 1 heterocycles. The fourth-order valence-corrected chi connectivity index (χ4v) is 4.32. The van der Waals surface area contributed by atoms with Crippen molar-refractivity contribution in [2.75, 3.05) is 13.1 Å². The molecule has 0 bridgehead atoms. The first-order valence-electron chi connectivity index (χ1n) is 10.1. The van der Waals surface area contributed by atoms with Gasteiger partial charge in [-0.25, -0.2) is 0 Å². The summed E-state index contributed by atoms with van der Waals surface area (Å²) < 4.78 is 0. The zero-order valence-electron chi connectivity index (χ0n) is 15.9. The summed E-state index contributed by atoms with van der Waals surface area (Å²) in [6.07, 6.45) is 10.3. The van der Waals surface area contributed by atoms with Gasteiger partial charge in [0.15, 0.2) is 0 Å². The van der Waals surface area contributed by atoms with Crippen LogP contribution in [0.25, 0.3) is 0 Å². The Morgan fingerprint density at radius 1 is 1.19 bits per heavy atom. The SMILES string of the molecule is O=C(CCCC(=O)N1CCCC2CCCC=C21)NCCc1cccc(Cl)c1. The molecule has 1 N–H and O–H groups in total. The number of benzene rings is 1. The number of hydrogen-bond acceptors (Lipinski definition) is 2. The van der Waals surface area contributed by atoms with Crippen molar-refractivity contribution in [3.05, 3.63) is 46.6 Å². The van der Waals surface area contributed by atoms with Gasteiger partial charge in [0.25, 0.3) is 0 Å². The van der Waals surface area contributed by atoms with E-state index >= 15 is 0 Å². The molecule has 1 aromatic rings. The van der Waals surface area contributed by atoms with Gasteiger partial charge < -0.3 is 10.2 Å². The quantitative estimate of drug-likeness (QED) is 0.748. The average molecular weight is 389 g/mol. The Labute approximate surface area is 167 Å². The van der Waals surface area contributed by atoms with Gasteiger partial charge in [0, 0.05) is 36.7 Å². The van der Waals surface area contributed by atoms with Gasteiger partial charge in [-0.05, 0) is 68.6 Å². The maximum Gasteiger partial charge on any atom is 0.226 e. The third-order valence-corrected chi connectivity index (χ3v) is 5.73. The summed E-state index contributed by atoms with van der Waals surface area (Å²) in [5.41, 5.74) is 2.36. The number of nitrogens with zero attached hydrogens (tertiary/aromatic N) is 1. The molecule has 4 nitrogen and oxygen atoms in total. The summed E-state index contributed by atoms with van der Waals surface area (Å²) in [6, 6.07) is 7.67. The van der Waals surface area contributed by atoms with E-state index in [4.69, 9.17) is 11.6 Å². The molecular weight excluding hydrogens is 360 g/mol. The maximum atomic E-state index is 12.6. The van der Waals surface area contributed by atoms with E-state index in [9.17, 15) is 9.59 Å². The van der Waals surface area contributed by atoms with Crippen LogP contribution in [0.15, 0.2) is 36.0 Å². The van der Waals surface area contributed by atoms with Crippen LogP contribution in [0, 0.1) is 5.92 Å². The van der Waals surface area contributed by atoms with E-state index in [1.54, 1.807) is 0 Å². The Hall–Kier alpha value is -1.81. The summed E-state index contributed by atoms with van der Waals surface area (Å²) in [7, 11) is 0. The number of rotatable bonds is 7. The summed E-state index contributed by atoms with van der Waals surface area (Å²) in [4.78, 5) is 26.6. The van der Waals surface area contributed by atoms with Crippen molar-refractivity contribution >= 4 is 23.4 Å². The van der Waals surface area contributed by atoms with Crippen molar-refractivity contribution in [1.29, 1.82) is 0 Å². The van der Waals surface area contributed by atoms with Crippen molar-refractivity contribution in [1.82, 2.24) is 10.2 Å². The molecule has 0 radical (unpaired) electrons. The van der Waals surface area contributed by atoms with Crippen LogP contribution in [0.1, 0.15) is 56.9 Å². The molecule has 0 aromatic heterocycles. The zero-order chi connectivity index (χ0) is 19.1. The third kappa shape index (κ3) is 5.83. The average Bonchev–Trinajstić information content (AvgIpc) is 2.67. The van der Waals surface area contributed by atoms with Crippen LogP contribution >= 0.6 is 11.6 Å². The molecule has 2 aliphatic rings. The molecule has 1 aromatic carbocycles. The summed E-state index contributed by atoms with van der Waals surface area (Å²) >= 11 is 5.96. The first-order chi connectivity index (χ1) is 13.1. The van der Waals surface area contributed by atoms with Crippen LogP contribution in [-0.2, 0) is 16.0 Å². The molecule has 146 valence electrons. The van der Waals surface area contributed by atoms with E-state index < -0.39 is 0 Å². The van der Waals surface area contributed by atoms with E-state index in [2.05, 4.69) is 11.4 Å². The van der Waals surface area contributed by atoms with E-state index in [1.165, 1.54) is 25.0 Å². The second-order valence-electron chi connectivity index (χ2n) is 7.53. The minimum Gasteiger partial charge on any atom is -0.356 e. The molecule has 0 saturated carbocycles. The van der Waals surface area contributed by atoms with Gasteiger partial charge in [-0.1, -0.05) is 29.8 Å². The lowest BCUT2D eigenvalue weighted by Crippen LogP contribution is -2.39. The molecule has 1 atom stereocenters. The number of fused-ring (bicyclic) bond motifs is 1. The van der Waals surface area contributed by atoms with Gasteiger partial charge >= 0.3 is 0 Å². The smallest absolute Gasteiger partial charge is 0.226 e. The van der Waals surface area contributed by atoms with Crippen LogP contribution in [0.2, 0.25) is 5.02 Å². The lowest BCUT2D eigenvalue weighted by Gasteiger charge is -2.38. The Morgan fingerprint density at radius 2 is 2.04 bits per heavy atom. The predicted molar refractivity (Wildman–Crippen MR) is 108 cm³/mol. The summed E-state index contributed by atoms with van der Waals surface area (Å²) in [5, 5.41) is 3.64. The third-order valence-electron chi connectivity index (χ3n) is 5.49. The van der Waals surface area contributed by atoms with E-state index in [-0.39, 0.29) is 11.8 Å². The number of halogens is 1. The van der Waals surface area contributed by atoms with Crippen LogP contribution in [-0.4, -0.2) is 29.8 Å². The van der Waals surface area contributed by atoms with Crippen molar-refractivity contribution in [2.24, 2.45) is 5.92 Å². The monoisotopic (exact) mass is 388 g/mol. The topological polar surface area (TPSA) is 49.4 Å². The first-order valence-corrected chi connectivity index (χ1v) is 10.5. The number of piperidine rings is 1. The highest BCUT2D eigenvalue weighted by molar-refractivity contribution is 6.30. The predicted octanol–water partition coefficient (Wildman–Crippen LogP) is 4.48. The normalized spacial score (nSPS) is 19.2. The highest BCUT2D eigenvalue weighted by Gasteiger charge is 2.29. The van der Waals surface area contributed by atoms with Crippen LogP contribution in [0.5, 0.6) is 0 Å². The first kappa shape index (κ1) is 19.9. The molecule has 0 spiro atoms. The molecule has 1 saturated heterocycles. The van der Waals surface area contributed by atoms with Gasteiger partial charge in [0.1, 0.15) is 0 Å². The Morgan fingerprint density at radius 3 is 2.89 bits per heavy atom. The molecule has 3 rings (SSSR count). The maximum absolute atomic E-state index is 12.6. The minimum atomic E-state index is 0.0123. The molecule has 27 heavy (non-hydrogen) atoms. The van der Waals surface area contributed by atoms with Crippen molar-refractivity contribution in [3.8, 4) is 0 Å². The zero-order valence-corrected chi connectivity index (χ0v) is 16.6. The number of allylic oxidation sites excluding steroid dienone is 2. The van der Waals surface area contributed by atoms with Gasteiger partial charge in [0.2, 0.25) is 11.8 Å². The minimum absolute atomic E-state index is 0.0123. The summed E-state index contributed by atoms with van der Waals surface area (Å²) in [6.45, 7) is 1.43. The van der Waals surface area contributed by atoms with E-state index in [1.807, 2.05) is 29.2 Å². The van der Waals surface area contributed by atoms with E-state index in [0.717, 1.165) is 31.4 Å². The van der Waals surface area contributed by atoms with Crippen LogP contribution in [0.3, 0.4) is 0 Å². The number of amides is 2. The Bertz CT molecular complexity index is 701. The molecule has 2 amide bonds. The van der Waals surface area contributed by atoms with Crippen molar-refractivity contribution in [3.63, 3.8) is 0 Å². The number of likely N-dealkylation sites (tertiary alicyclic amines) is 1. The molecule has 1 unspecified atom stereocenters. The Balaban J connectivity index is 1.35. The van der Waals surface area contributed by atoms with Crippen LogP contribution in [0.4, 0.5) is 0 Å². The fourth-order valence-electron chi connectivity index (χ4n) is 4.11. The Kier molecular flexibility index (Phi) is 7.33. The largest absolute Gasteiger partial charge is 0.356 e. The number of carbonyl (C=O) groups is 2. The van der Waals surface area contributed by atoms with Gasteiger partial charge in [-0.2, -0.15) is 0 Å². The molecule has 1 aliphatic heterocycles. The number of nitrogens with one attached hydrogen (secondary N) is 1. The molecule has 1 fully saturated rings. The van der Waals surface area contributed by atoms with Gasteiger partial charge in [0.05, 0.1) is 0 Å². The van der Waals surface area contributed by atoms with Crippen LogP contribution < -0.4 is 5.32 Å². The molecule has 1 aliphatic carbocycles. The lowest BCUT2D eigenvalue weighted by molar-refractivity contribution is -0.130. The summed E-state index contributed by atoms with van der Waals surface area (Å²) in [5.74, 6) is 0.768. The second kappa shape index (κ2) is 9.93. The highest BCUT2D eigenvalue weighted by Crippen LogP contribution is 2.35. The van der Waals surface area contributed by atoms with Gasteiger partial charge in [-0.15, -0.1) is 0 Å². The number of hydrogen-bond donors (Lipinski definition) is 1. The van der Waals surface area contributed by atoms with Crippen molar-refractivity contribution in [2.45, 2.75) is 57.8 Å².